The standard InChI is InChI=1S/C25H27N3O3S/c1-18-11-13-28(14-12-18)15-21-17-32-25(26-21)27-23(29)16-31-22-9-7-20(8-10-22)24(30)19-5-3-2-4-6-19/h2-10,17-18H,11-16H2,1H3,(H,26,27,29). The molecule has 6 nitrogen and oxygen atoms in total. The van der Waals surface area contributed by atoms with Gasteiger partial charge in [0, 0.05) is 23.1 Å². The predicted molar refractivity (Wildman–Crippen MR) is 126 cm³/mol. The third kappa shape index (κ3) is 6.02. The molecule has 1 N–H and O–H groups in total. The van der Waals surface area contributed by atoms with Gasteiger partial charge in [-0.25, -0.2) is 4.98 Å². The Bertz CT molecular complexity index is 1040. The van der Waals surface area contributed by atoms with E-state index in [0.717, 1.165) is 31.2 Å². The molecule has 1 aliphatic rings. The van der Waals surface area contributed by atoms with Crippen molar-refractivity contribution in [2.45, 2.75) is 26.3 Å². The zero-order valence-electron chi connectivity index (χ0n) is 18.1. The maximum atomic E-state index is 12.5. The van der Waals surface area contributed by atoms with Crippen LogP contribution in [-0.2, 0) is 11.3 Å². The largest absolute Gasteiger partial charge is 0.484 e. The molecule has 3 aromatic rings. The normalized spacial score (nSPS) is 14.8. The first kappa shape index (κ1) is 22.2. The van der Waals surface area contributed by atoms with Crippen LogP contribution in [0.25, 0.3) is 0 Å². The van der Waals surface area contributed by atoms with Gasteiger partial charge in [-0.2, -0.15) is 0 Å². The fourth-order valence-electron chi connectivity index (χ4n) is 3.65. The lowest BCUT2D eigenvalue weighted by atomic mass is 9.99. The molecule has 0 spiro atoms. The summed E-state index contributed by atoms with van der Waals surface area (Å²) >= 11 is 1.43. The van der Waals surface area contributed by atoms with Crippen LogP contribution in [0.2, 0.25) is 0 Å². The molecule has 2 aromatic carbocycles. The zero-order chi connectivity index (χ0) is 22.3. The van der Waals surface area contributed by atoms with Gasteiger partial charge in [0.15, 0.2) is 17.5 Å². The highest BCUT2D eigenvalue weighted by Crippen LogP contribution is 2.21. The van der Waals surface area contributed by atoms with Crippen LogP contribution in [0.1, 0.15) is 41.4 Å². The third-order valence-corrected chi connectivity index (χ3v) is 6.39. The van der Waals surface area contributed by atoms with E-state index >= 15 is 0 Å². The van der Waals surface area contributed by atoms with Crippen LogP contribution >= 0.6 is 11.3 Å². The molecule has 0 radical (unpaired) electrons. The van der Waals surface area contributed by atoms with Crippen molar-refractivity contribution in [2.24, 2.45) is 5.92 Å². The van der Waals surface area contributed by atoms with E-state index in [4.69, 9.17) is 4.74 Å². The Morgan fingerprint density at radius 3 is 2.47 bits per heavy atom. The number of ether oxygens (including phenoxy) is 1. The summed E-state index contributed by atoms with van der Waals surface area (Å²) in [5.41, 5.74) is 2.20. The summed E-state index contributed by atoms with van der Waals surface area (Å²) in [6.07, 6.45) is 2.46. The van der Waals surface area contributed by atoms with Gasteiger partial charge in [0.05, 0.1) is 5.69 Å². The highest BCUT2D eigenvalue weighted by molar-refractivity contribution is 7.13. The van der Waals surface area contributed by atoms with Gasteiger partial charge in [-0.3, -0.25) is 19.8 Å². The highest BCUT2D eigenvalue weighted by Gasteiger charge is 2.17. The number of likely N-dealkylation sites (tertiary alicyclic amines) is 1. The Morgan fingerprint density at radius 1 is 1.06 bits per heavy atom. The fraction of sp³-hybridized carbons (Fsp3) is 0.320. The van der Waals surface area contributed by atoms with Crippen molar-refractivity contribution in [3.05, 3.63) is 76.8 Å². The van der Waals surface area contributed by atoms with E-state index in [2.05, 4.69) is 22.1 Å². The zero-order valence-corrected chi connectivity index (χ0v) is 18.9. The molecular formula is C25H27N3O3S. The summed E-state index contributed by atoms with van der Waals surface area (Å²) in [5.74, 6) is 1.02. The molecule has 0 saturated carbocycles. The number of hydrogen-bond donors (Lipinski definition) is 1. The number of nitrogens with one attached hydrogen (secondary N) is 1. The summed E-state index contributed by atoms with van der Waals surface area (Å²) in [6.45, 7) is 5.21. The van der Waals surface area contributed by atoms with Gasteiger partial charge in [-0.05, 0) is 56.1 Å². The first-order valence-corrected chi connectivity index (χ1v) is 11.7. The molecule has 0 bridgehead atoms. The molecule has 166 valence electrons. The maximum Gasteiger partial charge on any atom is 0.264 e. The van der Waals surface area contributed by atoms with Gasteiger partial charge in [0.2, 0.25) is 0 Å². The molecule has 4 rings (SSSR count). The molecular weight excluding hydrogens is 422 g/mol. The number of anilines is 1. The number of piperidine rings is 1. The number of ketones is 1. The van der Waals surface area contributed by atoms with Crippen LogP contribution in [0, 0.1) is 5.92 Å². The van der Waals surface area contributed by atoms with Crippen LogP contribution in [0.3, 0.4) is 0 Å². The molecule has 1 aromatic heterocycles. The Balaban J connectivity index is 1.24. The van der Waals surface area contributed by atoms with Gasteiger partial charge in [0.1, 0.15) is 5.75 Å². The van der Waals surface area contributed by atoms with Gasteiger partial charge >= 0.3 is 0 Å². The highest BCUT2D eigenvalue weighted by atomic mass is 32.1. The van der Waals surface area contributed by atoms with E-state index in [-0.39, 0.29) is 18.3 Å². The number of nitrogens with zero attached hydrogens (tertiary/aromatic N) is 2. The van der Waals surface area contributed by atoms with Crippen molar-refractivity contribution < 1.29 is 14.3 Å². The fourth-order valence-corrected chi connectivity index (χ4v) is 4.37. The minimum absolute atomic E-state index is 0.0477. The number of carbonyl (C=O) groups is 2. The molecule has 1 fully saturated rings. The monoisotopic (exact) mass is 449 g/mol. The molecule has 0 unspecified atom stereocenters. The molecule has 2 heterocycles. The second-order valence-electron chi connectivity index (χ2n) is 8.16. The minimum atomic E-state index is -0.262. The van der Waals surface area contributed by atoms with Gasteiger partial charge < -0.3 is 4.74 Å². The molecule has 0 aliphatic carbocycles. The second-order valence-corrected chi connectivity index (χ2v) is 9.02. The Hall–Kier alpha value is -3.03. The van der Waals surface area contributed by atoms with Gasteiger partial charge in [-0.1, -0.05) is 37.3 Å². The van der Waals surface area contributed by atoms with Crippen LogP contribution in [0.5, 0.6) is 5.75 Å². The van der Waals surface area contributed by atoms with Crippen LogP contribution < -0.4 is 10.1 Å². The molecule has 0 atom stereocenters. The third-order valence-electron chi connectivity index (χ3n) is 5.58. The van der Waals surface area contributed by atoms with Crippen molar-refractivity contribution in [1.82, 2.24) is 9.88 Å². The topological polar surface area (TPSA) is 71.5 Å². The van der Waals surface area contributed by atoms with E-state index in [9.17, 15) is 9.59 Å². The number of carbonyl (C=O) groups excluding carboxylic acids is 2. The quantitative estimate of drug-likeness (QED) is 0.508. The van der Waals surface area contributed by atoms with Crippen molar-refractivity contribution in [3.63, 3.8) is 0 Å². The number of rotatable bonds is 8. The van der Waals surface area contributed by atoms with E-state index < -0.39 is 0 Å². The van der Waals surface area contributed by atoms with E-state index in [0.29, 0.717) is 22.0 Å². The van der Waals surface area contributed by atoms with Crippen molar-refractivity contribution >= 4 is 28.2 Å². The Morgan fingerprint density at radius 2 is 1.75 bits per heavy atom. The average Bonchev–Trinajstić information content (AvgIpc) is 3.26. The number of thiazole rings is 1. The average molecular weight is 450 g/mol. The van der Waals surface area contributed by atoms with Crippen molar-refractivity contribution in [3.8, 4) is 5.75 Å². The number of hydrogen-bond acceptors (Lipinski definition) is 6. The summed E-state index contributed by atoms with van der Waals surface area (Å²) in [5, 5.41) is 5.38. The van der Waals surface area contributed by atoms with Crippen molar-refractivity contribution in [1.29, 1.82) is 0 Å². The van der Waals surface area contributed by atoms with Crippen LogP contribution in [0.4, 0.5) is 5.13 Å². The van der Waals surface area contributed by atoms with Gasteiger partial charge in [0.25, 0.3) is 5.91 Å². The predicted octanol–water partition coefficient (Wildman–Crippen LogP) is 4.62. The SMILES string of the molecule is CC1CCN(Cc2csc(NC(=O)COc3ccc(C(=O)c4ccccc4)cc3)n2)CC1. The number of benzene rings is 2. The number of aromatic nitrogens is 1. The van der Waals surface area contributed by atoms with E-state index in [1.54, 1.807) is 36.4 Å². The number of amides is 1. The summed E-state index contributed by atoms with van der Waals surface area (Å²) < 4.78 is 5.56. The van der Waals surface area contributed by atoms with Crippen LogP contribution in [-0.4, -0.2) is 41.3 Å². The smallest absolute Gasteiger partial charge is 0.264 e. The lowest BCUT2D eigenvalue weighted by molar-refractivity contribution is -0.118. The Labute approximate surface area is 192 Å². The molecule has 7 heteroatoms. The summed E-state index contributed by atoms with van der Waals surface area (Å²) in [6, 6.07) is 15.9. The molecule has 1 saturated heterocycles. The molecule has 1 aliphatic heterocycles. The van der Waals surface area contributed by atoms with E-state index in [1.807, 2.05) is 23.6 Å². The molecule has 1 amide bonds. The lowest BCUT2D eigenvalue weighted by Crippen LogP contribution is -2.32. The first-order valence-electron chi connectivity index (χ1n) is 10.9. The van der Waals surface area contributed by atoms with E-state index in [1.165, 1.54) is 24.2 Å². The first-order chi connectivity index (χ1) is 15.6. The maximum absolute atomic E-state index is 12.5. The summed E-state index contributed by atoms with van der Waals surface area (Å²) in [4.78, 5) is 31.6. The van der Waals surface area contributed by atoms with Crippen LogP contribution in [0.15, 0.2) is 60.0 Å². The molecule has 32 heavy (non-hydrogen) atoms. The Kier molecular flexibility index (Phi) is 7.29. The van der Waals surface area contributed by atoms with Crippen molar-refractivity contribution in [2.75, 3.05) is 25.0 Å². The minimum Gasteiger partial charge on any atom is -0.484 e. The van der Waals surface area contributed by atoms with Gasteiger partial charge in [-0.15, -0.1) is 11.3 Å². The summed E-state index contributed by atoms with van der Waals surface area (Å²) in [7, 11) is 0. The lowest BCUT2D eigenvalue weighted by Gasteiger charge is -2.29. The second kappa shape index (κ2) is 10.5.